The lowest BCUT2D eigenvalue weighted by Crippen LogP contribution is -2.37. The number of Topliss-reactive ketones (excluding diaryl/α,β-unsaturated/α-hetero) is 1. The number of hydrogen-bond acceptors (Lipinski definition) is 3. The molecule has 0 spiro atoms. The van der Waals surface area contributed by atoms with Gasteiger partial charge in [-0.25, -0.2) is 4.79 Å². The fourth-order valence-corrected chi connectivity index (χ4v) is 3.44. The number of anilines is 1. The van der Waals surface area contributed by atoms with Gasteiger partial charge in [-0.1, -0.05) is 35.9 Å². The summed E-state index contributed by atoms with van der Waals surface area (Å²) in [5, 5.41) is 0.782. The number of benzene rings is 2. The third-order valence-corrected chi connectivity index (χ3v) is 4.95. The maximum absolute atomic E-state index is 12.9. The quantitative estimate of drug-likeness (QED) is 0.571. The van der Waals surface area contributed by atoms with Gasteiger partial charge < -0.3 is 4.98 Å². The molecule has 0 unspecified atom stereocenters. The summed E-state index contributed by atoms with van der Waals surface area (Å²) >= 11 is 0. The van der Waals surface area contributed by atoms with E-state index in [9.17, 15) is 14.4 Å². The smallest absolute Gasteiger partial charge is 0.332 e. The van der Waals surface area contributed by atoms with E-state index >= 15 is 0 Å². The molecule has 1 N–H and O–H groups in total. The zero-order chi connectivity index (χ0) is 19.1. The van der Waals surface area contributed by atoms with E-state index in [2.05, 4.69) is 4.98 Å². The van der Waals surface area contributed by atoms with Gasteiger partial charge in [0.2, 0.25) is 0 Å². The van der Waals surface area contributed by atoms with Crippen LogP contribution >= 0.6 is 0 Å². The minimum absolute atomic E-state index is 0.271. The molecule has 3 amide bonds. The Hall–Kier alpha value is -3.41. The number of fused-ring (bicyclic) bond motifs is 1. The van der Waals surface area contributed by atoms with Crippen LogP contribution in [0.15, 0.2) is 54.7 Å². The van der Waals surface area contributed by atoms with Crippen LogP contribution in [0.2, 0.25) is 0 Å². The fraction of sp³-hybridized carbons (Fsp3) is 0.190. The molecule has 0 bridgehead atoms. The zero-order valence-electron chi connectivity index (χ0n) is 15.1. The monoisotopic (exact) mass is 361 g/mol. The van der Waals surface area contributed by atoms with Gasteiger partial charge in [0.1, 0.15) is 6.04 Å². The third-order valence-electron chi connectivity index (χ3n) is 4.95. The number of urea groups is 1. The molecular weight excluding hydrogens is 342 g/mol. The third kappa shape index (κ3) is 2.79. The predicted molar refractivity (Wildman–Crippen MR) is 103 cm³/mol. The second kappa shape index (κ2) is 6.39. The molecule has 4 rings (SSSR count). The second-order valence-electron chi connectivity index (χ2n) is 6.76. The maximum Gasteiger partial charge on any atom is 0.332 e. The summed E-state index contributed by atoms with van der Waals surface area (Å²) in [6, 6.07) is 13.7. The number of aromatic nitrogens is 1. The normalized spacial score (nSPS) is 17.2. The summed E-state index contributed by atoms with van der Waals surface area (Å²) in [6.07, 6.45) is 1.62. The van der Waals surface area contributed by atoms with Crippen molar-refractivity contribution in [3.05, 3.63) is 65.9 Å². The Bertz CT molecular complexity index is 1050. The number of carbonyl (C=O) groups is 3. The van der Waals surface area contributed by atoms with Crippen molar-refractivity contribution >= 4 is 34.3 Å². The van der Waals surface area contributed by atoms with Crippen molar-refractivity contribution < 1.29 is 14.4 Å². The molecule has 1 saturated heterocycles. The summed E-state index contributed by atoms with van der Waals surface area (Å²) in [5.74, 6) is -0.638. The van der Waals surface area contributed by atoms with Crippen LogP contribution in [0.1, 0.15) is 22.8 Å². The SMILES string of the molecule is Cc1ccc(N2C(=O)N(CC(=O)c3c[nH]c4ccccc34)C(=O)[C@@H]2C)cc1. The van der Waals surface area contributed by atoms with Gasteiger partial charge in [0.15, 0.2) is 5.78 Å². The van der Waals surface area contributed by atoms with Gasteiger partial charge in [0, 0.05) is 28.4 Å². The number of amides is 3. The highest BCUT2D eigenvalue weighted by molar-refractivity contribution is 6.18. The van der Waals surface area contributed by atoms with Crippen molar-refractivity contribution in [2.75, 3.05) is 11.4 Å². The number of nitrogens with zero attached hydrogens (tertiary/aromatic N) is 2. The molecule has 0 radical (unpaired) electrons. The molecule has 6 heteroatoms. The first-order valence-electron chi connectivity index (χ1n) is 8.78. The lowest BCUT2D eigenvalue weighted by molar-refractivity contribution is -0.126. The molecule has 2 heterocycles. The molecule has 1 fully saturated rings. The molecule has 0 saturated carbocycles. The molecule has 0 aliphatic carbocycles. The van der Waals surface area contributed by atoms with E-state index in [1.165, 1.54) is 4.90 Å². The van der Waals surface area contributed by atoms with Gasteiger partial charge in [-0.3, -0.25) is 19.4 Å². The number of rotatable bonds is 4. The van der Waals surface area contributed by atoms with Crippen LogP contribution < -0.4 is 4.90 Å². The summed E-state index contributed by atoms with van der Waals surface area (Å²) in [6.45, 7) is 3.36. The van der Waals surface area contributed by atoms with Gasteiger partial charge in [-0.05, 0) is 32.0 Å². The highest BCUT2D eigenvalue weighted by Crippen LogP contribution is 2.27. The number of nitrogens with one attached hydrogen (secondary N) is 1. The molecule has 2 aromatic carbocycles. The number of ketones is 1. The molecular formula is C21H19N3O3. The molecule has 6 nitrogen and oxygen atoms in total. The van der Waals surface area contributed by atoms with Crippen LogP contribution in [0.25, 0.3) is 10.9 Å². The Balaban J connectivity index is 1.60. The van der Waals surface area contributed by atoms with Crippen LogP contribution in [0.5, 0.6) is 0 Å². The number of hydrogen-bond donors (Lipinski definition) is 1. The van der Waals surface area contributed by atoms with Crippen molar-refractivity contribution in [2.24, 2.45) is 0 Å². The minimum Gasteiger partial charge on any atom is -0.360 e. The number of H-pyrrole nitrogens is 1. The largest absolute Gasteiger partial charge is 0.360 e. The lowest BCUT2D eigenvalue weighted by atomic mass is 10.1. The Morgan fingerprint density at radius 2 is 1.78 bits per heavy atom. The van der Waals surface area contributed by atoms with Gasteiger partial charge in [0.05, 0.1) is 6.54 Å². The van der Waals surface area contributed by atoms with E-state index in [0.29, 0.717) is 11.3 Å². The summed E-state index contributed by atoms with van der Waals surface area (Å²) in [5.41, 5.74) is 3.03. The lowest BCUT2D eigenvalue weighted by Gasteiger charge is -2.19. The van der Waals surface area contributed by atoms with E-state index < -0.39 is 12.1 Å². The Kier molecular flexibility index (Phi) is 4.03. The van der Waals surface area contributed by atoms with E-state index in [1.54, 1.807) is 13.1 Å². The van der Waals surface area contributed by atoms with Crippen LogP contribution in [0.4, 0.5) is 10.5 Å². The number of aryl methyl sites for hydroxylation is 1. The van der Waals surface area contributed by atoms with Gasteiger partial charge >= 0.3 is 6.03 Å². The van der Waals surface area contributed by atoms with Crippen molar-refractivity contribution in [1.29, 1.82) is 0 Å². The number of aromatic amines is 1. The van der Waals surface area contributed by atoms with Crippen molar-refractivity contribution in [3.63, 3.8) is 0 Å². The maximum atomic E-state index is 12.9. The molecule has 3 aromatic rings. The molecule has 1 aliphatic rings. The van der Waals surface area contributed by atoms with Gasteiger partial charge in [0.25, 0.3) is 5.91 Å². The van der Waals surface area contributed by atoms with Crippen LogP contribution in [0, 0.1) is 6.92 Å². The molecule has 136 valence electrons. The van der Waals surface area contributed by atoms with E-state index in [0.717, 1.165) is 21.4 Å². The summed E-state index contributed by atoms with van der Waals surface area (Å²) in [4.78, 5) is 43.8. The van der Waals surface area contributed by atoms with Crippen LogP contribution in [-0.4, -0.2) is 40.2 Å². The van der Waals surface area contributed by atoms with E-state index in [1.807, 2.05) is 55.5 Å². The van der Waals surface area contributed by atoms with Gasteiger partial charge in [-0.2, -0.15) is 0 Å². The van der Waals surface area contributed by atoms with Gasteiger partial charge in [-0.15, -0.1) is 0 Å². The summed E-state index contributed by atoms with van der Waals surface area (Å²) in [7, 11) is 0. The number of carbonyl (C=O) groups excluding carboxylic acids is 3. The summed E-state index contributed by atoms with van der Waals surface area (Å²) < 4.78 is 0. The van der Waals surface area contributed by atoms with Crippen LogP contribution in [0.3, 0.4) is 0 Å². The Morgan fingerprint density at radius 1 is 1.07 bits per heavy atom. The molecule has 1 atom stereocenters. The van der Waals surface area contributed by atoms with Crippen LogP contribution in [-0.2, 0) is 4.79 Å². The Morgan fingerprint density at radius 3 is 2.52 bits per heavy atom. The standard InChI is InChI=1S/C21H19N3O3/c1-13-7-9-15(10-8-13)24-14(2)20(26)23(21(24)27)12-19(25)17-11-22-18-6-4-3-5-16(17)18/h3-11,14,22H,12H2,1-2H3/t14-/m0/s1. The average molecular weight is 361 g/mol. The highest BCUT2D eigenvalue weighted by Gasteiger charge is 2.44. The molecule has 27 heavy (non-hydrogen) atoms. The van der Waals surface area contributed by atoms with Crippen molar-refractivity contribution in [1.82, 2.24) is 9.88 Å². The Labute approximate surface area is 156 Å². The van der Waals surface area contributed by atoms with E-state index in [4.69, 9.17) is 0 Å². The topological polar surface area (TPSA) is 73.5 Å². The molecule has 1 aliphatic heterocycles. The zero-order valence-corrected chi connectivity index (χ0v) is 15.1. The first-order chi connectivity index (χ1) is 13.0. The first kappa shape index (κ1) is 17.0. The minimum atomic E-state index is -0.643. The highest BCUT2D eigenvalue weighted by atomic mass is 16.2. The predicted octanol–water partition coefficient (Wildman–Crippen LogP) is 3.52. The first-order valence-corrected chi connectivity index (χ1v) is 8.78. The van der Waals surface area contributed by atoms with Crippen molar-refractivity contribution in [2.45, 2.75) is 19.9 Å². The van der Waals surface area contributed by atoms with E-state index in [-0.39, 0.29) is 18.2 Å². The second-order valence-corrected chi connectivity index (χ2v) is 6.76. The number of imide groups is 1. The molecule has 1 aromatic heterocycles. The fourth-order valence-electron chi connectivity index (χ4n) is 3.44. The average Bonchev–Trinajstić information content (AvgIpc) is 3.18. The van der Waals surface area contributed by atoms with Crippen molar-refractivity contribution in [3.8, 4) is 0 Å². The number of para-hydroxylation sites is 1.